The van der Waals surface area contributed by atoms with Crippen LogP contribution in [0.3, 0.4) is 0 Å². The summed E-state index contributed by atoms with van der Waals surface area (Å²) in [5, 5.41) is 8.52. The molecule has 1 rings (SSSR count). The van der Waals surface area contributed by atoms with Crippen LogP contribution in [-0.2, 0) is 9.53 Å². The van der Waals surface area contributed by atoms with Gasteiger partial charge in [-0.25, -0.2) is 9.59 Å². The van der Waals surface area contributed by atoms with E-state index in [0.717, 1.165) is 0 Å². The molecule has 1 N–H and O–H groups in total. The zero-order valence-corrected chi connectivity index (χ0v) is 10.8. The number of aliphatic carboxylic acids is 1. The molecule has 5 nitrogen and oxygen atoms in total. The molecule has 0 aliphatic carbocycles. The minimum Gasteiger partial charge on any atom is -0.476 e. The lowest BCUT2D eigenvalue weighted by Crippen LogP contribution is -2.40. The predicted molar refractivity (Wildman–Crippen MR) is 62.8 cm³/mol. The van der Waals surface area contributed by atoms with Crippen molar-refractivity contribution in [3.8, 4) is 0 Å². The molecule has 1 amide bonds. The molecule has 0 bridgehead atoms. The van der Waals surface area contributed by atoms with Gasteiger partial charge in [-0.15, -0.1) is 0 Å². The number of piperidine rings is 1. The van der Waals surface area contributed by atoms with E-state index in [1.807, 2.05) is 0 Å². The summed E-state index contributed by atoms with van der Waals surface area (Å²) in [4.78, 5) is 23.6. The lowest BCUT2D eigenvalue weighted by Gasteiger charge is -2.30. The predicted octanol–water partition coefficient (Wildman–Crippen LogP) is 2.33. The highest BCUT2D eigenvalue weighted by atomic mass is 19.1. The number of amides is 1. The molecular formula is C12H18FNO4. The molecule has 0 aromatic rings. The smallest absolute Gasteiger partial charge is 0.410 e. The third-order valence-corrected chi connectivity index (χ3v) is 2.52. The van der Waals surface area contributed by atoms with E-state index in [0.29, 0.717) is 0 Å². The van der Waals surface area contributed by atoms with Crippen molar-refractivity contribution in [3.05, 3.63) is 11.4 Å². The molecule has 0 saturated carbocycles. The Hall–Kier alpha value is -1.59. The molecule has 0 aromatic carbocycles. The number of hydrogen-bond donors (Lipinski definition) is 1. The van der Waals surface area contributed by atoms with Crippen molar-refractivity contribution in [2.75, 3.05) is 13.1 Å². The Kier molecular flexibility index (Phi) is 4.32. The van der Waals surface area contributed by atoms with Gasteiger partial charge in [-0.05, 0) is 39.2 Å². The van der Waals surface area contributed by atoms with Gasteiger partial charge < -0.3 is 14.7 Å². The topological polar surface area (TPSA) is 66.8 Å². The van der Waals surface area contributed by atoms with Crippen LogP contribution in [0.15, 0.2) is 11.4 Å². The minimum absolute atomic E-state index is 0.234. The van der Waals surface area contributed by atoms with Crippen molar-refractivity contribution >= 4 is 12.1 Å². The fourth-order valence-corrected chi connectivity index (χ4v) is 1.66. The first kappa shape index (κ1) is 14.5. The Bertz CT molecular complexity index is 374. The Balaban J connectivity index is 2.57. The zero-order valence-electron chi connectivity index (χ0n) is 10.8. The Morgan fingerprint density at radius 2 is 1.78 bits per heavy atom. The van der Waals surface area contributed by atoms with Crippen molar-refractivity contribution in [1.82, 2.24) is 4.90 Å². The van der Waals surface area contributed by atoms with E-state index in [-0.39, 0.29) is 31.5 Å². The molecule has 0 unspecified atom stereocenters. The Morgan fingerprint density at radius 3 is 2.17 bits per heavy atom. The number of carboxylic acids is 1. The van der Waals surface area contributed by atoms with Gasteiger partial charge in [0, 0.05) is 13.1 Å². The van der Waals surface area contributed by atoms with Crippen LogP contribution in [0.25, 0.3) is 0 Å². The van der Waals surface area contributed by atoms with Crippen LogP contribution in [-0.4, -0.2) is 40.8 Å². The van der Waals surface area contributed by atoms with Crippen LogP contribution in [0.2, 0.25) is 0 Å². The van der Waals surface area contributed by atoms with Crippen LogP contribution in [0.1, 0.15) is 33.6 Å². The van der Waals surface area contributed by atoms with Crippen molar-refractivity contribution in [3.63, 3.8) is 0 Å². The van der Waals surface area contributed by atoms with Gasteiger partial charge in [-0.3, -0.25) is 0 Å². The quantitative estimate of drug-likeness (QED) is 0.734. The molecule has 102 valence electrons. The first-order chi connectivity index (χ1) is 8.20. The molecule has 1 fully saturated rings. The molecule has 1 aliphatic rings. The Labute approximate surface area is 105 Å². The van der Waals surface area contributed by atoms with Gasteiger partial charge in [0.15, 0.2) is 0 Å². The fourth-order valence-electron chi connectivity index (χ4n) is 1.66. The summed E-state index contributed by atoms with van der Waals surface area (Å²) >= 11 is 0. The summed E-state index contributed by atoms with van der Waals surface area (Å²) in [5.41, 5.74) is -0.318. The average Bonchev–Trinajstić information content (AvgIpc) is 2.26. The lowest BCUT2D eigenvalue weighted by molar-refractivity contribution is -0.134. The summed E-state index contributed by atoms with van der Waals surface area (Å²) in [7, 11) is 0. The monoisotopic (exact) mass is 259 g/mol. The molecule has 6 heteroatoms. The van der Waals surface area contributed by atoms with E-state index < -0.39 is 23.5 Å². The average molecular weight is 259 g/mol. The minimum atomic E-state index is -1.55. The zero-order chi connectivity index (χ0) is 13.9. The summed E-state index contributed by atoms with van der Waals surface area (Å²) in [6.07, 6.45) is 0.0201. The summed E-state index contributed by atoms with van der Waals surface area (Å²) < 4.78 is 18.3. The highest BCUT2D eigenvalue weighted by Crippen LogP contribution is 2.22. The maximum atomic E-state index is 13.2. The number of carbonyl (C=O) groups excluding carboxylic acids is 1. The number of halogens is 1. The van der Waals surface area contributed by atoms with Crippen LogP contribution in [0.5, 0.6) is 0 Å². The van der Waals surface area contributed by atoms with E-state index in [1.165, 1.54) is 4.90 Å². The second-order valence-corrected chi connectivity index (χ2v) is 5.19. The van der Waals surface area contributed by atoms with Crippen molar-refractivity contribution in [2.45, 2.75) is 39.2 Å². The second kappa shape index (κ2) is 5.37. The van der Waals surface area contributed by atoms with Crippen molar-refractivity contribution in [2.24, 2.45) is 0 Å². The summed E-state index contributed by atoms with van der Waals surface area (Å²) in [6.45, 7) is 5.87. The van der Waals surface area contributed by atoms with Crippen LogP contribution >= 0.6 is 0 Å². The number of hydrogen-bond acceptors (Lipinski definition) is 3. The van der Waals surface area contributed by atoms with E-state index >= 15 is 0 Å². The summed E-state index contributed by atoms with van der Waals surface area (Å²) in [6, 6.07) is 0. The van der Waals surface area contributed by atoms with Gasteiger partial charge in [0.25, 0.3) is 0 Å². The molecular weight excluding hydrogens is 241 g/mol. The molecule has 0 aromatic heterocycles. The van der Waals surface area contributed by atoms with Gasteiger partial charge in [0.1, 0.15) is 5.60 Å². The molecule has 1 saturated heterocycles. The third-order valence-electron chi connectivity index (χ3n) is 2.52. The molecule has 0 spiro atoms. The van der Waals surface area contributed by atoms with Crippen LogP contribution in [0.4, 0.5) is 9.18 Å². The number of ether oxygens (including phenoxy) is 1. The number of carbonyl (C=O) groups is 2. The molecule has 0 radical (unpaired) electrons. The van der Waals surface area contributed by atoms with Gasteiger partial charge in [0.05, 0.1) is 0 Å². The summed E-state index contributed by atoms with van der Waals surface area (Å²) in [5.74, 6) is -2.64. The maximum absolute atomic E-state index is 13.2. The maximum Gasteiger partial charge on any atom is 0.410 e. The van der Waals surface area contributed by atoms with E-state index in [1.54, 1.807) is 20.8 Å². The highest BCUT2D eigenvalue weighted by molar-refractivity contribution is 5.85. The van der Waals surface area contributed by atoms with Gasteiger partial charge in [-0.1, -0.05) is 0 Å². The number of nitrogens with zero attached hydrogens (tertiary/aromatic N) is 1. The lowest BCUT2D eigenvalue weighted by atomic mass is 10.0. The SMILES string of the molecule is CC(C)(C)OC(=O)N1CCC(=C(F)C(=O)O)CC1. The van der Waals surface area contributed by atoms with E-state index in [4.69, 9.17) is 9.84 Å². The fraction of sp³-hybridized carbons (Fsp3) is 0.667. The van der Waals surface area contributed by atoms with Crippen LogP contribution in [0, 0.1) is 0 Å². The molecule has 1 aliphatic heterocycles. The van der Waals surface area contributed by atoms with Gasteiger partial charge in [-0.2, -0.15) is 4.39 Å². The van der Waals surface area contributed by atoms with Crippen molar-refractivity contribution in [1.29, 1.82) is 0 Å². The molecule has 1 heterocycles. The first-order valence-corrected chi connectivity index (χ1v) is 5.79. The molecule has 18 heavy (non-hydrogen) atoms. The van der Waals surface area contributed by atoms with Crippen LogP contribution < -0.4 is 0 Å². The second-order valence-electron chi connectivity index (χ2n) is 5.19. The highest BCUT2D eigenvalue weighted by Gasteiger charge is 2.26. The van der Waals surface area contributed by atoms with Crippen molar-refractivity contribution < 1.29 is 23.8 Å². The van der Waals surface area contributed by atoms with E-state index in [2.05, 4.69) is 0 Å². The Morgan fingerprint density at radius 1 is 1.28 bits per heavy atom. The van der Waals surface area contributed by atoms with E-state index in [9.17, 15) is 14.0 Å². The van der Waals surface area contributed by atoms with Gasteiger partial charge >= 0.3 is 12.1 Å². The number of likely N-dealkylation sites (tertiary alicyclic amines) is 1. The largest absolute Gasteiger partial charge is 0.476 e. The third kappa shape index (κ3) is 4.01. The standard InChI is InChI=1S/C12H18FNO4/c1-12(2,3)18-11(17)14-6-4-8(5-7-14)9(13)10(15)16/h4-7H2,1-3H3,(H,15,16). The number of carboxylic acid groups (broad SMARTS) is 1. The normalized spacial score (nSPS) is 16.4. The molecule has 0 atom stereocenters. The van der Waals surface area contributed by atoms with Gasteiger partial charge in [0.2, 0.25) is 5.83 Å². The first-order valence-electron chi connectivity index (χ1n) is 5.79. The number of rotatable bonds is 1.